The fourth-order valence-corrected chi connectivity index (χ4v) is 2.01. The molecule has 0 bridgehead atoms. The maximum Gasteiger partial charge on any atom is 0.179 e. The first kappa shape index (κ1) is 8.54. The molecule has 2 heteroatoms. The molecule has 1 aliphatic rings. The molecular formula is C11H15NO. The van der Waals surface area contributed by atoms with Gasteiger partial charge in [0.25, 0.3) is 0 Å². The van der Waals surface area contributed by atoms with Gasteiger partial charge in [0.05, 0.1) is 5.69 Å². The van der Waals surface area contributed by atoms with Crippen molar-refractivity contribution in [2.45, 2.75) is 39.2 Å². The Kier molecular flexibility index (Phi) is 2.21. The number of hydrogen-bond donors (Lipinski definition) is 0. The molecule has 1 aromatic heterocycles. The summed E-state index contributed by atoms with van der Waals surface area (Å²) < 4.78 is 2.18. The lowest BCUT2D eigenvalue weighted by molar-refractivity contribution is 0.0973. The minimum atomic E-state index is 0.302. The lowest BCUT2D eigenvalue weighted by atomic mass is 10.2. The zero-order valence-corrected chi connectivity index (χ0v) is 8.05. The van der Waals surface area contributed by atoms with Crippen LogP contribution in [0, 0.1) is 0 Å². The van der Waals surface area contributed by atoms with Gasteiger partial charge in [0.15, 0.2) is 5.78 Å². The Balaban J connectivity index is 2.26. The van der Waals surface area contributed by atoms with E-state index in [2.05, 4.69) is 10.6 Å². The smallest absolute Gasteiger partial charge is 0.179 e. The van der Waals surface area contributed by atoms with Crippen LogP contribution >= 0.6 is 0 Å². The largest absolute Gasteiger partial charge is 0.342 e. The van der Waals surface area contributed by atoms with Crippen LogP contribution in [0.4, 0.5) is 0 Å². The van der Waals surface area contributed by atoms with Gasteiger partial charge in [0.2, 0.25) is 0 Å². The molecule has 1 aliphatic heterocycles. The highest BCUT2D eigenvalue weighted by atomic mass is 16.1. The lowest BCUT2D eigenvalue weighted by Gasteiger charge is -2.03. The first-order valence-corrected chi connectivity index (χ1v) is 5.04. The molecule has 0 amide bonds. The normalized spacial score (nSPS) is 14.5. The van der Waals surface area contributed by atoms with Crippen LogP contribution in [0.25, 0.3) is 0 Å². The van der Waals surface area contributed by atoms with E-state index in [0.29, 0.717) is 12.2 Å². The number of nitrogens with zero attached hydrogens (tertiary/aromatic N) is 1. The van der Waals surface area contributed by atoms with Gasteiger partial charge in [-0.25, -0.2) is 0 Å². The highest BCUT2D eigenvalue weighted by molar-refractivity contribution is 5.94. The van der Waals surface area contributed by atoms with Gasteiger partial charge in [-0.05, 0) is 31.4 Å². The minimum absolute atomic E-state index is 0.302. The molecule has 0 fully saturated rings. The fourth-order valence-electron chi connectivity index (χ4n) is 2.01. The van der Waals surface area contributed by atoms with E-state index in [0.717, 1.165) is 25.1 Å². The molecule has 2 heterocycles. The molecule has 2 rings (SSSR count). The van der Waals surface area contributed by atoms with Crippen LogP contribution in [-0.4, -0.2) is 10.4 Å². The van der Waals surface area contributed by atoms with Crippen molar-refractivity contribution in [3.63, 3.8) is 0 Å². The van der Waals surface area contributed by atoms with E-state index in [9.17, 15) is 4.79 Å². The van der Waals surface area contributed by atoms with E-state index in [1.165, 1.54) is 12.1 Å². The zero-order chi connectivity index (χ0) is 9.26. The van der Waals surface area contributed by atoms with Gasteiger partial charge >= 0.3 is 0 Å². The van der Waals surface area contributed by atoms with Crippen LogP contribution in [0.5, 0.6) is 0 Å². The van der Waals surface area contributed by atoms with E-state index in [4.69, 9.17) is 0 Å². The van der Waals surface area contributed by atoms with Crippen molar-refractivity contribution in [1.82, 2.24) is 4.57 Å². The first-order valence-electron chi connectivity index (χ1n) is 5.04. The van der Waals surface area contributed by atoms with Gasteiger partial charge in [-0.3, -0.25) is 4.79 Å². The van der Waals surface area contributed by atoms with E-state index in [-0.39, 0.29) is 0 Å². The number of carbonyl (C=O) groups excluding carboxylic acids is 1. The number of aromatic nitrogens is 1. The zero-order valence-electron chi connectivity index (χ0n) is 8.05. The van der Waals surface area contributed by atoms with Crippen LogP contribution in [0.1, 0.15) is 42.4 Å². The van der Waals surface area contributed by atoms with Crippen molar-refractivity contribution in [1.29, 1.82) is 0 Å². The molecule has 0 atom stereocenters. The summed E-state index contributed by atoms with van der Waals surface area (Å²) in [5, 5.41) is 0. The van der Waals surface area contributed by atoms with Gasteiger partial charge in [-0.15, -0.1) is 0 Å². The number of hydrogen-bond acceptors (Lipinski definition) is 1. The molecular weight excluding hydrogens is 162 g/mol. The summed E-state index contributed by atoms with van der Waals surface area (Å²) in [6.45, 7) is 3.08. The summed E-state index contributed by atoms with van der Waals surface area (Å²) in [6.07, 6.45) is 3.96. The van der Waals surface area contributed by atoms with Gasteiger partial charge in [0.1, 0.15) is 0 Å². The summed E-state index contributed by atoms with van der Waals surface area (Å²) in [5.41, 5.74) is 2.26. The molecule has 0 radical (unpaired) electrons. The van der Waals surface area contributed by atoms with Crippen molar-refractivity contribution in [2.75, 3.05) is 0 Å². The molecule has 0 aliphatic carbocycles. The van der Waals surface area contributed by atoms with Crippen molar-refractivity contribution < 1.29 is 4.79 Å². The second-order valence-electron chi connectivity index (χ2n) is 3.64. The summed E-state index contributed by atoms with van der Waals surface area (Å²) in [5.74, 6) is 0.302. The molecule has 70 valence electrons. The van der Waals surface area contributed by atoms with Gasteiger partial charge in [-0.2, -0.15) is 0 Å². The minimum Gasteiger partial charge on any atom is -0.342 e. The van der Waals surface area contributed by atoms with Crippen LogP contribution in [-0.2, 0) is 13.0 Å². The topological polar surface area (TPSA) is 22.0 Å². The molecule has 13 heavy (non-hydrogen) atoms. The molecule has 1 aromatic rings. The van der Waals surface area contributed by atoms with E-state index in [1.807, 2.05) is 13.0 Å². The summed E-state index contributed by atoms with van der Waals surface area (Å²) in [7, 11) is 0. The van der Waals surface area contributed by atoms with Crippen molar-refractivity contribution in [3.8, 4) is 0 Å². The second kappa shape index (κ2) is 3.36. The average Bonchev–Trinajstić information content (AvgIpc) is 2.62. The van der Waals surface area contributed by atoms with Crippen LogP contribution < -0.4 is 0 Å². The van der Waals surface area contributed by atoms with Gasteiger partial charge in [0, 0.05) is 18.7 Å². The average molecular weight is 177 g/mol. The Labute approximate surface area is 78.6 Å². The van der Waals surface area contributed by atoms with Gasteiger partial charge in [-0.1, -0.05) is 6.92 Å². The molecule has 0 N–H and O–H groups in total. The standard InChI is InChI=1S/C11H15NO/c1-2-4-11(13)10-7-6-9-5-3-8-12(9)10/h6-7H,2-5,8H2,1H3. The summed E-state index contributed by atoms with van der Waals surface area (Å²) >= 11 is 0. The third kappa shape index (κ3) is 1.41. The van der Waals surface area contributed by atoms with Gasteiger partial charge < -0.3 is 4.57 Å². The molecule has 0 saturated heterocycles. The number of carbonyl (C=O) groups is 1. The highest BCUT2D eigenvalue weighted by Gasteiger charge is 2.17. The molecule has 2 nitrogen and oxygen atoms in total. The predicted octanol–water partition coefficient (Wildman–Crippen LogP) is 2.42. The van der Waals surface area contributed by atoms with E-state index >= 15 is 0 Å². The monoisotopic (exact) mass is 177 g/mol. The SMILES string of the molecule is CCCC(=O)c1ccc2n1CCC2. The van der Waals surface area contributed by atoms with Crippen molar-refractivity contribution in [3.05, 3.63) is 23.5 Å². The maximum atomic E-state index is 11.6. The molecule has 0 aromatic carbocycles. The quantitative estimate of drug-likeness (QED) is 0.650. The first-order chi connectivity index (χ1) is 6.33. The van der Waals surface area contributed by atoms with Crippen LogP contribution in [0.3, 0.4) is 0 Å². The number of rotatable bonds is 3. The van der Waals surface area contributed by atoms with E-state index < -0.39 is 0 Å². The second-order valence-corrected chi connectivity index (χ2v) is 3.64. The Morgan fingerprint density at radius 2 is 2.38 bits per heavy atom. The number of fused-ring (bicyclic) bond motifs is 1. The molecule has 0 unspecified atom stereocenters. The predicted molar refractivity (Wildman–Crippen MR) is 52.0 cm³/mol. The van der Waals surface area contributed by atoms with E-state index in [1.54, 1.807) is 0 Å². The van der Waals surface area contributed by atoms with Crippen molar-refractivity contribution >= 4 is 5.78 Å². The lowest BCUT2D eigenvalue weighted by Crippen LogP contribution is -2.06. The Morgan fingerprint density at radius 1 is 1.54 bits per heavy atom. The maximum absolute atomic E-state index is 11.6. The molecule has 0 spiro atoms. The third-order valence-corrected chi connectivity index (χ3v) is 2.65. The number of Topliss-reactive ketones (excluding diaryl/α,β-unsaturated/α-hetero) is 1. The number of aryl methyl sites for hydroxylation is 1. The van der Waals surface area contributed by atoms with Crippen LogP contribution in [0.2, 0.25) is 0 Å². The third-order valence-electron chi connectivity index (χ3n) is 2.65. The Morgan fingerprint density at radius 3 is 3.15 bits per heavy atom. The Hall–Kier alpha value is -1.05. The molecule has 0 saturated carbocycles. The fraction of sp³-hybridized carbons (Fsp3) is 0.545. The van der Waals surface area contributed by atoms with Crippen LogP contribution in [0.15, 0.2) is 12.1 Å². The number of ketones is 1. The highest BCUT2D eigenvalue weighted by Crippen LogP contribution is 2.20. The summed E-state index contributed by atoms with van der Waals surface area (Å²) in [4.78, 5) is 11.6. The summed E-state index contributed by atoms with van der Waals surface area (Å²) in [6, 6.07) is 4.07. The van der Waals surface area contributed by atoms with Crippen molar-refractivity contribution in [2.24, 2.45) is 0 Å². The Bertz CT molecular complexity index is 325.